The molecule has 1 N–H and O–H groups in total. The van der Waals surface area contributed by atoms with Crippen LogP contribution in [-0.2, 0) is 38.0 Å². The molecular formula is C39H31F12NO16. The SMILES string of the molecule is Cc1c(F)c(F)c(F)c(OC(=O)C2(C)COC(=O)OC2)c1F.Cc1c(F)c(F)c(F)c(OC(=O)NC2(C)COC(=O)OC2)c1F.Cc1c(F)c(F)c(F)c(OC(=O)OC2(C)COC(=O)OC2)c1F. The van der Waals surface area contributed by atoms with E-state index in [-0.39, 0.29) is 26.4 Å². The third-order valence-corrected chi connectivity index (χ3v) is 9.15. The van der Waals surface area contributed by atoms with E-state index in [1.165, 1.54) is 20.8 Å². The number of nitrogens with one attached hydrogen (secondary N) is 1. The summed E-state index contributed by atoms with van der Waals surface area (Å²) >= 11 is 0. The Morgan fingerprint density at radius 1 is 0.441 bits per heavy atom. The number of ether oxygens (including phenoxy) is 10. The lowest BCUT2D eigenvalue weighted by atomic mass is 9.92. The van der Waals surface area contributed by atoms with Gasteiger partial charge in [-0.05, 0) is 41.5 Å². The van der Waals surface area contributed by atoms with Crippen LogP contribution < -0.4 is 19.5 Å². The Labute approximate surface area is 372 Å². The highest BCUT2D eigenvalue weighted by Crippen LogP contribution is 2.34. The molecule has 3 saturated heterocycles. The number of benzene rings is 3. The third kappa shape index (κ3) is 11.8. The van der Waals surface area contributed by atoms with Gasteiger partial charge in [-0.2, -0.15) is 13.2 Å². The fourth-order valence-corrected chi connectivity index (χ4v) is 5.12. The first-order chi connectivity index (χ1) is 31.5. The van der Waals surface area contributed by atoms with E-state index in [2.05, 4.69) is 47.9 Å². The van der Waals surface area contributed by atoms with E-state index < -0.39 is 170 Å². The maximum atomic E-state index is 13.8. The molecule has 3 aliphatic heterocycles. The summed E-state index contributed by atoms with van der Waals surface area (Å²) in [4.78, 5) is 67.5. The van der Waals surface area contributed by atoms with Crippen molar-refractivity contribution in [1.29, 1.82) is 0 Å². The molecule has 6 rings (SSSR count). The van der Waals surface area contributed by atoms with E-state index in [1.807, 2.05) is 0 Å². The Balaban J connectivity index is 0.000000222. The zero-order valence-corrected chi connectivity index (χ0v) is 35.3. The van der Waals surface area contributed by atoms with Crippen molar-refractivity contribution in [3.63, 3.8) is 0 Å². The average Bonchev–Trinajstić information content (AvgIpc) is 3.30. The van der Waals surface area contributed by atoms with E-state index in [9.17, 15) is 81.5 Å². The normalized spacial score (nSPS) is 16.5. The summed E-state index contributed by atoms with van der Waals surface area (Å²) in [5.74, 6) is -27.1. The van der Waals surface area contributed by atoms with Gasteiger partial charge in [0.05, 0.1) is 0 Å². The van der Waals surface area contributed by atoms with E-state index in [0.29, 0.717) is 0 Å². The van der Waals surface area contributed by atoms with E-state index in [0.717, 1.165) is 20.8 Å². The Bertz CT molecular complexity index is 2330. The molecule has 17 nitrogen and oxygen atoms in total. The van der Waals surface area contributed by atoms with E-state index in [4.69, 9.17) is 4.74 Å². The van der Waals surface area contributed by atoms with Crippen molar-refractivity contribution in [2.24, 2.45) is 5.41 Å². The zero-order valence-electron chi connectivity index (χ0n) is 35.3. The topological polar surface area (TPSA) is 207 Å². The van der Waals surface area contributed by atoms with Crippen LogP contribution in [0.25, 0.3) is 0 Å². The number of carbonyl (C=O) groups excluding carboxylic acids is 6. The number of carbonyl (C=O) groups is 6. The highest BCUT2D eigenvalue weighted by atomic mass is 19.2. The minimum absolute atomic E-state index is 0.275. The van der Waals surface area contributed by atoms with Gasteiger partial charge in [-0.3, -0.25) is 4.79 Å². The highest BCUT2D eigenvalue weighted by Gasteiger charge is 2.44. The molecule has 0 aliphatic carbocycles. The first-order valence-electron chi connectivity index (χ1n) is 18.5. The van der Waals surface area contributed by atoms with Gasteiger partial charge in [0.1, 0.15) is 50.6 Å². The molecule has 1 amide bonds. The molecule has 3 aromatic carbocycles. The van der Waals surface area contributed by atoms with Crippen LogP contribution in [0.15, 0.2) is 0 Å². The summed E-state index contributed by atoms with van der Waals surface area (Å²) in [6.07, 6.45) is -5.90. The second kappa shape index (κ2) is 20.7. The van der Waals surface area contributed by atoms with E-state index in [1.54, 1.807) is 0 Å². The summed E-state index contributed by atoms with van der Waals surface area (Å²) in [6.45, 7) is 4.29. The predicted octanol–water partition coefficient (Wildman–Crippen LogP) is 8.19. The fraction of sp³-hybridized carbons (Fsp3) is 0.385. The maximum Gasteiger partial charge on any atom is 0.514 e. The molecule has 0 aromatic heterocycles. The van der Waals surface area contributed by atoms with Gasteiger partial charge in [-0.15, -0.1) is 0 Å². The van der Waals surface area contributed by atoms with Crippen molar-refractivity contribution < 1.29 is 129 Å². The molecule has 0 unspecified atom stereocenters. The lowest BCUT2D eigenvalue weighted by Crippen LogP contribution is -2.56. The predicted molar refractivity (Wildman–Crippen MR) is 192 cm³/mol. The quantitative estimate of drug-likeness (QED) is 0.0470. The number of esters is 1. The van der Waals surface area contributed by atoms with Crippen LogP contribution in [0.2, 0.25) is 0 Å². The molecule has 0 bridgehead atoms. The number of cyclic esters (lactones) is 6. The first kappa shape index (κ1) is 53.3. The second-order valence-corrected chi connectivity index (χ2v) is 15.0. The number of rotatable bonds is 6. The zero-order chi connectivity index (χ0) is 51.4. The molecule has 29 heteroatoms. The van der Waals surface area contributed by atoms with Crippen LogP contribution in [0.3, 0.4) is 0 Å². The van der Waals surface area contributed by atoms with Crippen molar-refractivity contribution in [2.45, 2.75) is 52.7 Å². The summed E-state index contributed by atoms with van der Waals surface area (Å²) < 4.78 is 206. The molecule has 3 heterocycles. The van der Waals surface area contributed by atoms with Gasteiger partial charge in [-0.1, -0.05) is 0 Å². The first-order valence-corrected chi connectivity index (χ1v) is 18.5. The van der Waals surface area contributed by atoms with Crippen LogP contribution in [0.1, 0.15) is 37.5 Å². The standard InChI is InChI=1S/C13H11F4NO5.C13H10F4O6.C13H10F4O5/c1-5-6(14)8(16)9(17)10(7(5)15)23-11(19)18-13(2)3-21-12(20)22-4-13;1-5-6(14)8(16)9(17)10(7(5)15)22-12(19)23-13(2)3-20-11(18)21-4-13;1-5-6(14)8(16)9(17)10(7(5)15)22-11(18)13(2)3-20-12(19)21-4-13/h3-4H2,1-2H3,(H,18,19);3-4H2,1-2H3;3-4H2,1-2H3. The highest BCUT2D eigenvalue weighted by molar-refractivity contribution is 5.80. The Hall–Kier alpha value is -7.36. The number of halogens is 12. The molecule has 0 saturated carbocycles. The van der Waals surface area contributed by atoms with E-state index >= 15 is 0 Å². The van der Waals surface area contributed by atoms with Crippen LogP contribution in [0.5, 0.6) is 17.2 Å². The number of hydrogen-bond donors (Lipinski definition) is 1. The van der Waals surface area contributed by atoms with Gasteiger partial charge in [0.2, 0.25) is 34.7 Å². The smallest absolute Gasteiger partial charge is 0.433 e. The molecule has 0 atom stereocenters. The van der Waals surface area contributed by atoms with Crippen LogP contribution in [0.4, 0.5) is 76.7 Å². The third-order valence-electron chi connectivity index (χ3n) is 9.15. The van der Waals surface area contributed by atoms with Gasteiger partial charge in [-0.25, -0.2) is 63.5 Å². The fourth-order valence-electron chi connectivity index (χ4n) is 5.12. The molecule has 0 spiro atoms. The summed E-state index contributed by atoms with van der Waals surface area (Å²) in [6, 6.07) is 0. The monoisotopic (exact) mass is 997 g/mol. The van der Waals surface area contributed by atoms with Crippen molar-refractivity contribution in [2.75, 3.05) is 39.6 Å². The molecule has 0 radical (unpaired) electrons. The number of amides is 1. The molecule has 3 aromatic rings. The van der Waals surface area contributed by atoms with Crippen molar-refractivity contribution in [1.82, 2.24) is 5.32 Å². The number of hydrogen-bond acceptors (Lipinski definition) is 16. The van der Waals surface area contributed by atoms with Crippen molar-refractivity contribution >= 4 is 36.7 Å². The van der Waals surface area contributed by atoms with Gasteiger partial charge >= 0.3 is 36.7 Å². The molecule has 68 heavy (non-hydrogen) atoms. The minimum atomic E-state index is -2.01. The van der Waals surface area contributed by atoms with Crippen LogP contribution >= 0.6 is 0 Å². The summed E-state index contributed by atoms with van der Waals surface area (Å²) in [7, 11) is 0. The van der Waals surface area contributed by atoms with Crippen molar-refractivity contribution in [3.05, 3.63) is 86.5 Å². The maximum absolute atomic E-state index is 13.8. The Morgan fingerprint density at radius 3 is 1.15 bits per heavy atom. The summed E-state index contributed by atoms with van der Waals surface area (Å²) in [5.41, 5.74) is -6.76. The van der Waals surface area contributed by atoms with Gasteiger partial charge in [0, 0.05) is 16.7 Å². The lowest BCUT2D eigenvalue weighted by Gasteiger charge is -2.32. The molecule has 3 fully saturated rings. The molecular weight excluding hydrogens is 966 g/mol. The van der Waals surface area contributed by atoms with Gasteiger partial charge < -0.3 is 52.7 Å². The van der Waals surface area contributed by atoms with Gasteiger partial charge in [0.25, 0.3) is 0 Å². The van der Waals surface area contributed by atoms with Crippen LogP contribution in [-0.4, -0.2) is 87.5 Å². The van der Waals surface area contributed by atoms with Gasteiger partial charge in [0.15, 0.2) is 58.0 Å². The minimum Gasteiger partial charge on any atom is -0.433 e. The molecule has 3 aliphatic rings. The Morgan fingerprint density at radius 2 is 0.765 bits per heavy atom. The van der Waals surface area contributed by atoms with Crippen LogP contribution in [0, 0.1) is 96.0 Å². The lowest BCUT2D eigenvalue weighted by molar-refractivity contribution is -0.156. The average molecular weight is 998 g/mol. The largest absolute Gasteiger partial charge is 0.514 e. The molecule has 372 valence electrons. The van der Waals surface area contributed by atoms with Crippen molar-refractivity contribution in [3.8, 4) is 17.2 Å². The Kier molecular flexibility index (Phi) is 16.2. The second-order valence-electron chi connectivity index (χ2n) is 15.0. The summed E-state index contributed by atoms with van der Waals surface area (Å²) in [5, 5.41) is 2.16.